The molecule has 150 valence electrons. The van der Waals surface area contributed by atoms with E-state index in [4.69, 9.17) is 0 Å². The number of hydrogen-bond donors (Lipinski definition) is 1. The summed E-state index contributed by atoms with van der Waals surface area (Å²) in [7, 11) is 0. The molecule has 4 rings (SSSR count). The summed E-state index contributed by atoms with van der Waals surface area (Å²) < 4.78 is 15.3. The molecule has 1 aliphatic heterocycles. The Kier molecular flexibility index (Phi) is 5.90. The summed E-state index contributed by atoms with van der Waals surface area (Å²) in [6.45, 7) is 1.69. The van der Waals surface area contributed by atoms with Crippen molar-refractivity contribution in [1.29, 1.82) is 0 Å². The second kappa shape index (κ2) is 8.91. The number of hydrogen-bond acceptors (Lipinski definition) is 5. The first-order valence-corrected chi connectivity index (χ1v) is 9.71. The van der Waals surface area contributed by atoms with E-state index in [1.54, 1.807) is 17.1 Å². The summed E-state index contributed by atoms with van der Waals surface area (Å²) in [6.07, 6.45) is 2.96. The molecule has 2 atom stereocenters. The maximum Gasteiger partial charge on any atom is 0.237 e. The van der Waals surface area contributed by atoms with Gasteiger partial charge in [0.05, 0.1) is 12.1 Å². The quantitative estimate of drug-likeness (QED) is 0.663. The normalized spacial score (nSPS) is 19.3. The van der Waals surface area contributed by atoms with Crippen LogP contribution >= 0.6 is 0 Å². The number of halogens is 1. The van der Waals surface area contributed by atoms with Crippen molar-refractivity contribution in [3.05, 3.63) is 77.9 Å². The van der Waals surface area contributed by atoms with Crippen LogP contribution in [0.5, 0.6) is 0 Å². The monoisotopic (exact) mass is 394 g/mol. The van der Waals surface area contributed by atoms with E-state index in [1.165, 1.54) is 17.7 Å². The third kappa shape index (κ3) is 4.83. The molecule has 7 nitrogen and oxygen atoms in total. The topological polar surface area (TPSA) is 75.9 Å². The zero-order valence-corrected chi connectivity index (χ0v) is 16.0. The Morgan fingerprint density at radius 1 is 1.14 bits per heavy atom. The lowest BCUT2D eigenvalue weighted by Gasteiger charge is -2.23. The third-order valence-corrected chi connectivity index (χ3v) is 5.25. The average Bonchev–Trinajstić information content (AvgIpc) is 3.39. The van der Waals surface area contributed by atoms with Crippen LogP contribution in [0.1, 0.15) is 23.6 Å². The second-order valence-electron chi connectivity index (χ2n) is 7.28. The van der Waals surface area contributed by atoms with Crippen molar-refractivity contribution in [2.75, 3.05) is 13.1 Å². The van der Waals surface area contributed by atoms with E-state index in [9.17, 15) is 9.18 Å². The highest BCUT2D eigenvalue weighted by atomic mass is 19.1. The van der Waals surface area contributed by atoms with Crippen molar-refractivity contribution in [2.24, 2.45) is 0 Å². The Morgan fingerprint density at radius 2 is 1.97 bits per heavy atom. The Labute approximate surface area is 168 Å². The largest absolute Gasteiger partial charge is 0.354 e. The van der Waals surface area contributed by atoms with Crippen molar-refractivity contribution >= 4 is 5.91 Å². The number of aromatic nitrogens is 4. The number of carbonyl (C=O) groups excluding carboxylic acids is 1. The van der Waals surface area contributed by atoms with Crippen molar-refractivity contribution in [1.82, 2.24) is 30.4 Å². The number of nitrogens with one attached hydrogen (secondary N) is 1. The number of tetrazole rings is 1. The summed E-state index contributed by atoms with van der Waals surface area (Å²) >= 11 is 0. The highest BCUT2D eigenvalue weighted by Crippen LogP contribution is 2.28. The van der Waals surface area contributed by atoms with Gasteiger partial charge in [0.2, 0.25) is 5.91 Å². The highest BCUT2D eigenvalue weighted by molar-refractivity contribution is 5.82. The van der Waals surface area contributed by atoms with Crippen LogP contribution in [0.4, 0.5) is 4.39 Å². The van der Waals surface area contributed by atoms with Gasteiger partial charge in [0.1, 0.15) is 12.1 Å². The minimum atomic E-state index is -0.316. The minimum absolute atomic E-state index is 0.00318. The number of amides is 1. The molecule has 1 fully saturated rings. The molecule has 3 aromatic rings. The minimum Gasteiger partial charge on any atom is -0.354 e. The van der Waals surface area contributed by atoms with Crippen LogP contribution in [-0.4, -0.2) is 50.1 Å². The number of likely N-dealkylation sites (tertiary alicyclic amines) is 1. The van der Waals surface area contributed by atoms with Crippen LogP contribution in [0.25, 0.3) is 0 Å². The Bertz CT molecular complexity index is 933. The molecule has 1 saturated heterocycles. The third-order valence-electron chi connectivity index (χ3n) is 5.25. The Balaban J connectivity index is 1.43. The summed E-state index contributed by atoms with van der Waals surface area (Å²) in [5, 5.41) is 14.4. The fourth-order valence-electron chi connectivity index (χ4n) is 3.82. The van der Waals surface area contributed by atoms with Crippen LogP contribution in [0.3, 0.4) is 0 Å². The molecular weight excluding hydrogens is 371 g/mol. The standard InChI is InChI=1S/C21H23FN6O/c22-18-8-4-7-17(11-18)13-27-14-19(28-15-24-25-26-28)12-20(27)21(29)23-10-9-16-5-2-1-3-6-16/h1-8,11,15,19-20H,9-10,12-14H2,(H,23,29)/t19-,20+/m1/s1. The van der Waals surface area contributed by atoms with Gasteiger partial charge < -0.3 is 5.32 Å². The molecule has 2 heterocycles. The fraction of sp³-hybridized carbons (Fsp3) is 0.333. The lowest BCUT2D eigenvalue weighted by Crippen LogP contribution is -2.43. The molecule has 1 N–H and O–H groups in total. The van der Waals surface area contributed by atoms with E-state index in [-0.39, 0.29) is 23.8 Å². The molecule has 1 aliphatic rings. The van der Waals surface area contributed by atoms with Gasteiger partial charge in [0.25, 0.3) is 0 Å². The Morgan fingerprint density at radius 3 is 2.72 bits per heavy atom. The van der Waals surface area contributed by atoms with E-state index in [0.29, 0.717) is 26.1 Å². The smallest absolute Gasteiger partial charge is 0.237 e. The van der Waals surface area contributed by atoms with Crippen LogP contribution in [0.2, 0.25) is 0 Å². The van der Waals surface area contributed by atoms with Crippen LogP contribution in [0.15, 0.2) is 60.9 Å². The number of carbonyl (C=O) groups is 1. The number of rotatable bonds is 7. The zero-order valence-electron chi connectivity index (χ0n) is 16.0. The summed E-state index contributed by atoms with van der Waals surface area (Å²) in [5.41, 5.74) is 2.02. The summed E-state index contributed by atoms with van der Waals surface area (Å²) in [6, 6.07) is 16.2. The lowest BCUT2D eigenvalue weighted by atomic mass is 10.1. The van der Waals surface area contributed by atoms with E-state index >= 15 is 0 Å². The van der Waals surface area contributed by atoms with E-state index in [2.05, 4.69) is 25.7 Å². The molecule has 2 aromatic carbocycles. The predicted molar refractivity (Wildman–Crippen MR) is 105 cm³/mol. The zero-order chi connectivity index (χ0) is 20.1. The van der Waals surface area contributed by atoms with Gasteiger partial charge in [-0.1, -0.05) is 42.5 Å². The molecule has 0 aliphatic carbocycles. The molecular formula is C21H23FN6O. The molecule has 0 spiro atoms. The highest BCUT2D eigenvalue weighted by Gasteiger charge is 2.38. The molecule has 0 saturated carbocycles. The van der Waals surface area contributed by atoms with E-state index in [1.807, 2.05) is 36.4 Å². The van der Waals surface area contributed by atoms with Gasteiger partial charge in [-0.25, -0.2) is 9.07 Å². The number of benzene rings is 2. The maximum atomic E-state index is 13.6. The van der Waals surface area contributed by atoms with Gasteiger partial charge >= 0.3 is 0 Å². The molecule has 8 heteroatoms. The van der Waals surface area contributed by atoms with E-state index < -0.39 is 0 Å². The lowest BCUT2D eigenvalue weighted by molar-refractivity contribution is -0.125. The first-order chi connectivity index (χ1) is 14.2. The predicted octanol–water partition coefficient (Wildman–Crippen LogP) is 1.99. The maximum absolute atomic E-state index is 13.6. The molecule has 1 aromatic heterocycles. The second-order valence-corrected chi connectivity index (χ2v) is 7.28. The van der Waals surface area contributed by atoms with Crippen LogP contribution in [0, 0.1) is 5.82 Å². The summed E-state index contributed by atoms with van der Waals surface area (Å²) in [5.74, 6) is -0.296. The van der Waals surface area contributed by atoms with Gasteiger partial charge in [-0.05, 0) is 46.5 Å². The van der Waals surface area contributed by atoms with Crippen LogP contribution in [-0.2, 0) is 17.8 Å². The molecule has 0 unspecified atom stereocenters. The molecule has 1 amide bonds. The van der Waals surface area contributed by atoms with Crippen molar-refractivity contribution in [3.63, 3.8) is 0 Å². The SMILES string of the molecule is O=C(NCCc1ccccc1)[C@@H]1C[C@@H](n2cnnn2)CN1Cc1cccc(F)c1. The first-order valence-electron chi connectivity index (χ1n) is 9.71. The fourth-order valence-corrected chi connectivity index (χ4v) is 3.82. The first kappa shape index (κ1) is 19.2. The van der Waals surface area contributed by atoms with Gasteiger partial charge in [0.15, 0.2) is 0 Å². The van der Waals surface area contributed by atoms with Crippen molar-refractivity contribution in [3.8, 4) is 0 Å². The molecule has 0 bridgehead atoms. The van der Waals surface area contributed by atoms with E-state index in [0.717, 1.165) is 12.0 Å². The van der Waals surface area contributed by atoms with Gasteiger partial charge in [-0.3, -0.25) is 9.69 Å². The average molecular weight is 394 g/mol. The molecule has 29 heavy (non-hydrogen) atoms. The van der Waals surface area contributed by atoms with Gasteiger partial charge in [-0.15, -0.1) is 5.10 Å². The van der Waals surface area contributed by atoms with Crippen LogP contribution < -0.4 is 5.32 Å². The summed E-state index contributed by atoms with van der Waals surface area (Å²) in [4.78, 5) is 15.0. The number of nitrogens with zero attached hydrogens (tertiary/aromatic N) is 5. The van der Waals surface area contributed by atoms with Gasteiger partial charge in [-0.2, -0.15) is 0 Å². The Hall–Kier alpha value is -3.13. The van der Waals surface area contributed by atoms with Crippen molar-refractivity contribution in [2.45, 2.75) is 31.5 Å². The molecule has 0 radical (unpaired) electrons. The van der Waals surface area contributed by atoms with Crippen molar-refractivity contribution < 1.29 is 9.18 Å². The van der Waals surface area contributed by atoms with Gasteiger partial charge in [0, 0.05) is 19.6 Å².